The van der Waals surface area contributed by atoms with Crippen LogP contribution in [0.1, 0.15) is 45.2 Å². The smallest absolute Gasteiger partial charge is 0.246 e. The molecular formula is C20H26BrN3O3. The van der Waals surface area contributed by atoms with E-state index in [1.54, 1.807) is 13.1 Å². The monoisotopic (exact) mass is 435 g/mol. The second-order valence-electron chi connectivity index (χ2n) is 6.89. The molecule has 0 bridgehead atoms. The van der Waals surface area contributed by atoms with Gasteiger partial charge in [-0.05, 0) is 36.7 Å². The second-order valence-corrected chi connectivity index (χ2v) is 7.28. The van der Waals surface area contributed by atoms with Crippen molar-refractivity contribution in [3.8, 4) is 10.8 Å². The summed E-state index contributed by atoms with van der Waals surface area (Å²) < 4.78 is 6.11. The molecule has 1 fully saturated rings. The van der Waals surface area contributed by atoms with Crippen LogP contribution in [-0.2, 0) is 19.7 Å². The van der Waals surface area contributed by atoms with Crippen molar-refractivity contribution in [2.75, 3.05) is 13.2 Å². The highest BCUT2D eigenvalue weighted by Crippen LogP contribution is 2.40. The average molecular weight is 436 g/mol. The van der Waals surface area contributed by atoms with Gasteiger partial charge >= 0.3 is 0 Å². The third-order valence-corrected chi connectivity index (χ3v) is 5.20. The molecule has 2 rings (SSSR count). The molecule has 2 amide bonds. The van der Waals surface area contributed by atoms with E-state index in [4.69, 9.17) is 4.74 Å². The van der Waals surface area contributed by atoms with Gasteiger partial charge < -0.3 is 15.4 Å². The Hall–Kier alpha value is -1.91. The summed E-state index contributed by atoms with van der Waals surface area (Å²) in [6, 6.07) is 5.16. The molecule has 1 saturated carbocycles. The summed E-state index contributed by atoms with van der Waals surface area (Å²) >= 11 is 2.98. The van der Waals surface area contributed by atoms with Gasteiger partial charge in [0.05, 0.1) is 19.3 Å². The third-order valence-electron chi connectivity index (χ3n) is 4.92. The fraction of sp³-hybridized carbons (Fsp3) is 0.550. The van der Waals surface area contributed by atoms with Crippen molar-refractivity contribution in [1.29, 1.82) is 0 Å². The summed E-state index contributed by atoms with van der Waals surface area (Å²) in [5, 5.41) is 5.37. The SMILES string of the molecule is CC(=O)N[C@H](C(=O)NCC#CBr)[C@H](C)OCC1(c2ccccn2)CCCC1. The number of aromatic nitrogens is 1. The maximum atomic E-state index is 12.4. The van der Waals surface area contributed by atoms with E-state index in [0.717, 1.165) is 31.4 Å². The van der Waals surface area contributed by atoms with E-state index >= 15 is 0 Å². The number of hydrogen-bond acceptors (Lipinski definition) is 4. The molecule has 2 N–H and O–H groups in total. The summed E-state index contributed by atoms with van der Waals surface area (Å²) in [4.78, 5) is 31.1. The Bertz CT molecular complexity index is 693. The van der Waals surface area contributed by atoms with Gasteiger partial charge in [0.2, 0.25) is 11.8 Å². The Morgan fingerprint density at radius 2 is 2.11 bits per heavy atom. The first kappa shape index (κ1) is 21.4. The van der Waals surface area contributed by atoms with Gasteiger partial charge in [-0.25, -0.2) is 0 Å². The normalized spacial score (nSPS) is 17.3. The number of halogens is 1. The van der Waals surface area contributed by atoms with E-state index in [0.29, 0.717) is 6.61 Å². The van der Waals surface area contributed by atoms with E-state index < -0.39 is 12.1 Å². The Balaban J connectivity index is 2.06. The zero-order chi connectivity index (χ0) is 19.7. The Morgan fingerprint density at radius 1 is 1.37 bits per heavy atom. The van der Waals surface area contributed by atoms with Crippen molar-refractivity contribution < 1.29 is 14.3 Å². The lowest BCUT2D eigenvalue weighted by Gasteiger charge is -2.32. The molecule has 7 heteroatoms. The van der Waals surface area contributed by atoms with Crippen molar-refractivity contribution in [2.45, 2.75) is 57.1 Å². The first-order valence-corrected chi connectivity index (χ1v) is 9.94. The van der Waals surface area contributed by atoms with Gasteiger partial charge in [0.25, 0.3) is 0 Å². The van der Waals surface area contributed by atoms with E-state index in [-0.39, 0.29) is 23.8 Å². The van der Waals surface area contributed by atoms with E-state index in [1.807, 2.05) is 18.2 Å². The molecule has 1 aliphatic carbocycles. The minimum atomic E-state index is -0.776. The second kappa shape index (κ2) is 10.4. The largest absolute Gasteiger partial charge is 0.375 e. The van der Waals surface area contributed by atoms with Gasteiger partial charge in [-0.1, -0.05) is 24.8 Å². The van der Waals surface area contributed by atoms with Gasteiger partial charge in [-0.3, -0.25) is 14.6 Å². The number of nitrogens with zero attached hydrogens (tertiary/aromatic N) is 1. The molecule has 1 aromatic rings. The maximum Gasteiger partial charge on any atom is 0.246 e. The summed E-state index contributed by atoms with van der Waals surface area (Å²) in [5.41, 5.74) is 0.900. The lowest BCUT2D eigenvalue weighted by atomic mass is 9.83. The number of ether oxygens (including phenoxy) is 1. The van der Waals surface area contributed by atoms with Crippen LogP contribution in [-0.4, -0.2) is 42.1 Å². The molecule has 1 heterocycles. The number of rotatable bonds is 8. The van der Waals surface area contributed by atoms with E-state index in [1.165, 1.54) is 6.92 Å². The molecule has 2 atom stereocenters. The van der Waals surface area contributed by atoms with E-state index in [2.05, 4.69) is 42.3 Å². The minimum Gasteiger partial charge on any atom is -0.375 e. The minimum absolute atomic E-state index is 0.131. The van der Waals surface area contributed by atoms with Crippen LogP contribution in [0, 0.1) is 10.8 Å². The van der Waals surface area contributed by atoms with Gasteiger partial charge in [0.1, 0.15) is 6.04 Å². The molecule has 1 aliphatic rings. The molecule has 0 saturated heterocycles. The first-order chi connectivity index (χ1) is 13.0. The van der Waals surface area contributed by atoms with Crippen LogP contribution in [0.2, 0.25) is 0 Å². The fourth-order valence-corrected chi connectivity index (χ4v) is 3.62. The van der Waals surface area contributed by atoms with Crippen LogP contribution >= 0.6 is 15.9 Å². The number of pyridine rings is 1. The Kier molecular flexibility index (Phi) is 8.26. The van der Waals surface area contributed by atoms with Crippen LogP contribution in [0.3, 0.4) is 0 Å². The molecule has 0 radical (unpaired) electrons. The number of carbonyl (C=O) groups excluding carboxylic acids is 2. The standard InChI is InChI=1S/C20H26BrN3O3/c1-15(18(24-16(2)25)19(26)23-13-7-11-21)27-14-20(9-4-5-10-20)17-8-3-6-12-22-17/h3,6,8,12,15,18H,4-5,9-10,13-14H2,1-2H3,(H,23,26)(H,24,25)/t15-,18-/m0/s1. The van der Waals surface area contributed by atoms with Crippen molar-refractivity contribution in [3.63, 3.8) is 0 Å². The zero-order valence-electron chi connectivity index (χ0n) is 15.8. The quantitative estimate of drug-likeness (QED) is 0.613. The number of nitrogens with one attached hydrogen (secondary N) is 2. The first-order valence-electron chi connectivity index (χ1n) is 9.15. The van der Waals surface area contributed by atoms with Gasteiger partial charge in [0, 0.05) is 40.2 Å². The van der Waals surface area contributed by atoms with E-state index in [9.17, 15) is 9.59 Å². The molecule has 0 spiro atoms. The van der Waals surface area contributed by atoms with Crippen molar-refractivity contribution in [3.05, 3.63) is 30.1 Å². The van der Waals surface area contributed by atoms with Crippen LogP contribution < -0.4 is 10.6 Å². The van der Waals surface area contributed by atoms with Crippen LogP contribution in [0.4, 0.5) is 0 Å². The Labute approximate surface area is 169 Å². The molecule has 0 unspecified atom stereocenters. The molecule has 0 aliphatic heterocycles. The predicted octanol–water partition coefficient (Wildman–Crippen LogP) is 2.28. The van der Waals surface area contributed by atoms with Gasteiger partial charge in [0.15, 0.2) is 0 Å². The fourth-order valence-electron chi connectivity index (χ4n) is 3.48. The number of amides is 2. The molecule has 1 aromatic heterocycles. The highest BCUT2D eigenvalue weighted by molar-refractivity contribution is 9.12. The summed E-state index contributed by atoms with van der Waals surface area (Å²) in [5.74, 6) is 2.11. The zero-order valence-corrected chi connectivity index (χ0v) is 17.3. The molecular weight excluding hydrogens is 410 g/mol. The maximum absolute atomic E-state index is 12.4. The Morgan fingerprint density at radius 3 is 2.70 bits per heavy atom. The summed E-state index contributed by atoms with van der Waals surface area (Å²) in [6.07, 6.45) is 5.61. The number of hydrogen-bond donors (Lipinski definition) is 2. The van der Waals surface area contributed by atoms with Crippen LogP contribution in [0.15, 0.2) is 24.4 Å². The third kappa shape index (κ3) is 6.05. The molecule has 27 heavy (non-hydrogen) atoms. The predicted molar refractivity (Wildman–Crippen MR) is 107 cm³/mol. The average Bonchev–Trinajstić information content (AvgIpc) is 3.15. The molecule has 146 valence electrons. The lowest BCUT2D eigenvalue weighted by molar-refractivity contribution is -0.132. The highest BCUT2D eigenvalue weighted by atomic mass is 79.9. The lowest BCUT2D eigenvalue weighted by Crippen LogP contribution is -2.53. The summed E-state index contributed by atoms with van der Waals surface area (Å²) in [6.45, 7) is 3.86. The topological polar surface area (TPSA) is 80.3 Å². The summed E-state index contributed by atoms with van der Waals surface area (Å²) in [7, 11) is 0. The highest BCUT2D eigenvalue weighted by Gasteiger charge is 2.38. The van der Waals surface area contributed by atoms with Crippen molar-refractivity contribution in [1.82, 2.24) is 15.6 Å². The number of carbonyl (C=O) groups is 2. The van der Waals surface area contributed by atoms with Crippen molar-refractivity contribution >= 4 is 27.7 Å². The van der Waals surface area contributed by atoms with Crippen LogP contribution in [0.5, 0.6) is 0 Å². The van der Waals surface area contributed by atoms with Crippen LogP contribution in [0.25, 0.3) is 0 Å². The van der Waals surface area contributed by atoms with Crippen molar-refractivity contribution in [2.24, 2.45) is 0 Å². The van der Waals surface area contributed by atoms with Gasteiger partial charge in [-0.2, -0.15) is 0 Å². The molecule has 0 aromatic carbocycles. The van der Waals surface area contributed by atoms with Gasteiger partial charge in [-0.15, -0.1) is 0 Å². The molecule has 6 nitrogen and oxygen atoms in total.